The lowest BCUT2D eigenvalue weighted by Gasteiger charge is -2.24. The van der Waals surface area contributed by atoms with Gasteiger partial charge in [-0.3, -0.25) is 14.5 Å². The van der Waals surface area contributed by atoms with E-state index in [0.717, 1.165) is 31.5 Å². The Morgan fingerprint density at radius 2 is 1.86 bits per heavy atom. The van der Waals surface area contributed by atoms with E-state index in [1.54, 1.807) is 18.2 Å². The highest BCUT2D eigenvalue weighted by Gasteiger charge is 2.26. The minimum Gasteiger partial charge on any atom is -0.395 e. The number of anilines is 3. The Labute approximate surface area is 234 Å². The van der Waals surface area contributed by atoms with E-state index in [-0.39, 0.29) is 12.2 Å². The maximum atomic E-state index is 13.4. The van der Waals surface area contributed by atoms with Gasteiger partial charge in [0.05, 0.1) is 33.6 Å². The van der Waals surface area contributed by atoms with E-state index in [4.69, 9.17) is 39.9 Å². The van der Waals surface area contributed by atoms with Crippen LogP contribution < -0.4 is 15.5 Å². The first-order chi connectivity index (χ1) is 17.8. The number of nitrogens with zero attached hydrogens (tertiary/aromatic N) is 3. The summed E-state index contributed by atoms with van der Waals surface area (Å²) in [7, 11) is 1.86. The van der Waals surface area contributed by atoms with Crippen LogP contribution in [0.1, 0.15) is 38.4 Å². The molecule has 1 aromatic carbocycles. The predicted octanol–water partition coefficient (Wildman–Crippen LogP) is 5.63. The van der Waals surface area contributed by atoms with Gasteiger partial charge in [0.1, 0.15) is 10.7 Å². The van der Waals surface area contributed by atoms with Gasteiger partial charge >= 0.3 is 0 Å². The van der Waals surface area contributed by atoms with Crippen molar-refractivity contribution < 1.29 is 14.7 Å². The summed E-state index contributed by atoms with van der Waals surface area (Å²) < 4.78 is 0. The average molecular weight is 583 g/mol. The van der Waals surface area contributed by atoms with E-state index in [0.29, 0.717) is 50.2 Å². The SMILES string of the molecule is CN(CCO)Cc1csc(C(=O)Nc2c(C(=O)Nc3ccc(Cl)cn3)cc(Cl)cc2N2CCCC2)c1Cl. The largest absolute Gasteiger partial charge is 0.395 e. The Morgan fingerprint density at radius 1 is 1.11 bits per heavy atom. The summed E-state index contributed by atoms with van der Waals surface area (Å²) >= 11 is 20.1. The summed E-state index contributed by atoms with van der Waals surface area (Å²) in [5.41, 5.74) is 2.01. The Morgan fingerprint density at radius 3 is 2.54 bits per heavy atom. The number of amides is 2. The Bertz CT molecular complexity index is 1280. The number of aliphatic hydroxyl groups excluding tert-OH is 1. The van der Waals surface area contributed by atoms with E-state index in [2.05, 4.69) is 20.5 Å². The first-order valence-corrected chi connectivity index (χ1v) is 13.7. The molecular formula is C25H26Cl3N5O3S. The van der Waals surface area contributed by atoms with Crippen molar-refractivity contribution in [3.8, 4) is 0 Å². The first kappa shape index (κ1) is 27.6. The fourth-order valence-corrected chi connectivity index (χ4v) is 5.66. The topological polar surface area (TPSA) is 97.8 Å². The molecule has 12 heteroatoms. The van der Waals surface area contributed by atoms with Crippen molar-refractivity contribution in [1.29, 1.82) is 0 Å². The molecule has 0 atom stereocenters. The fraction of sp³-hybridized carbons (Fsp3) is 0.320. The van der Waals surface area contributed by atoms with Crippen LogP contribution in [0.4, 0.5) is 17.2 Å². The lowest BCUT2D eigenvalue weighted by atomic mass is 10.1. The van der Waals surface area contributed by atoms with E-state index in [1.165, 1.54) is 23.6 Å². The van der Waals surface area contributed by atoms with Gasteiger partial charge in [-0.05, 0) is 55.1 Å². The zero-order chi connectivity index (χ0) is 26.5. The summed E-state index contributed by atoms with van der Waals surface area (Å²) in [6.45, 7) is 2.57. The number of carbonyl (C=O) groups excluding carboxylic acids is 2. The second kappa shape index (κ2) is 12.4. The molecule has 1 fully saturated rings. The third-order valence-corrected chi connectivity index (χ3v) is 7.92. The van der Waals surface area contributed by atoms with Crippen molar-refractivity contribution in [3.05, 3.63) is 66.9 Å². The number of thiophene rings is 1. The second-order valence-corrected chi connectivity index (χ2v) is 10.8. The van der Waals surface area contributed by atoms with Crippen molar-refractivity contribution in [2.24, 2.45) is 0 Å². The summed E-state index contributed by atoms with van der Waals surface area (Å²) in [5.74, 6) is -0.587. The molecule has 0 aliphatic carbocycles. The van der Waals surface area contributed by atoms with Crippen molar-refractivity contribution in [1.82, 2.24) is 9.88 Å². The third-order valence-electron chi connectivity index (χ3n) is 5.91. The molecule has 1 saturated heterocycles. The predicted molar refractivity (Wildman–Crippen MR) is 151 cm³/mol. The number of hydrogen-bond donors (Lipinski definition) is 3. The maximum Gasteiger partial charge on any atom is 0.267 e. The molecule has 1 aliphatic heterocycles. The van der Waals surface area contributed by atoms with Gasteiger partial charge in [0, 0.05) is 37.4 Å². The highest BCUT2D eigenvalue weighted by Crippen LogP contribution is 2.37. The number of halogens is 3. The normalized spacial score (nSPS) is 13.3. The van der Waals surface area contributed by atoms with Gasteiger partial charge in [0.15, 0.2) is 0 Å². The highest BCUT2D eigenvalue weighted by atomic mass is 35.5. The van der Waals surface area contributed by atoms with Crippen molar-refractivity contribution >= 4 is 75.1 Å². The summed E-state index contributed by atoms with van der Waals surface area (Å²) in [6.07, 6.45) is 3.43. The zero-order valence-electron chi connectivity index (χ0n) is 20.1. The number of pyridine rings is 1. The molecule has 8 nitrogen and oxygen atoms in total. The minimum absolute atomic E-state index is 0.0256. The van der Waals surface area contributed by atoms with Gasteiger partial charge in [-0.15, -0.1) is 11.3 Å². The molecule has 2 aromatic heterocycles. The molecule has 3 aromatic rings. The Kier molecular flexibility index (Phi) is 9.28. The quantitative estimate of drug-likeness (QED) is 0.302. The molecule has 3 N–H and O–H groups in total. The second-order valence-electron chi connectivity index (χ2n) is 8.68. The molecule has 0 unspecified atom stereocenters. The van der Waals surface area contributed by atoms with Gasteiger partial charge in [-0.1, -0.05) is 34.8 Å². The molecule has 0 bridgehead atoms. The van der Waals surface area contributed by atoms with Gasteiger partial charge in [-0.2, -0.15) is 0 Å². The van der Waals surface area contributed by atoms with E-state index in [1.807, 2.05) is 17.3 Å². The summed E-state index contributed by atoms with van der Waals surface area (Å²) in [6, 6.07) is 6.48. The van der Waals surface area contributed by atoms with Crippen molar-refractivity contribution in [2.75, 3.05) is 48.8 Å². The molecule has 1 aliphatic rings. The number of nitrogens with one attached hydrogen (secondary N) is 2. The minimum atomic E-state index is -0.475. The molecule has 2 amide bonds. The number of likely N-dealkylation sites (N-methyl/N-ethyl adjacent to an activating group) is 1. The van der Waals surface area contributed by atoms with Gasteiger partial charge in [0.25, 0.3) is 11.8 Å². The number of benzene rings is 1. The Hall–Kier alpha value is -2.40. The van der Waals surface area contributed by atoms with Crippen LogP contribution in [0.5, 0.6) is 0 Å². The zero-order valence-corrected chi connectivity index (χ0v) is 23.1. The van der Waals surface area contributed by atoms with E-state index >= 15 is 0 Å². The summed E-state index contributed by atoms with van der Waals surface area (Å²) in [5, 5.41) is 17.8. The molecule has 0 spiro atoms. The molecule has 37 heavy (non-hydrogen) atoms. The highest BCUT2D eigenvalue weighted by molar-refractivity contribution is 7.13. The first-order valence-electron chi connectivity index (χ1n) is 11.6. The Balaban J connectivity index is 1.67. The van der Waals surface area contributed by atoms with Gasteiger partial charge in [0.2, 0.25) is 0 Å². The van der Waals surface area contributed by atoms with Crippen LogP contribution in [-0.2, 0) is 6.54 Å². The molecule has 0 radical (unpaired) electrons. The third kappa shape index (κ3) is 6.73. The van der Waals surface area contributed by atoms with Crippen molar-refractivity contribution in [2.45, 2.75) is 19.4 Å². The number of aromatic nitrogens is 1. The lowest BCUT2D eigenvalue weighted by molar-refractivity contribution is 0.102. The average Bonchev–Trinajstić information content (AvgIpc) is 3.52. The van der Waals surface area contributed by atoms with E-state index in [9.17, 15) is 9.59 Å². The molecular weight excluding hydrogens is 557 g/mol. The summed E-state index contributed by atoms with van der Waals surface area (Å²) in [4.78, 5) is 35.3. The number of rotatable bonds is 9. The standard InChI is InChI=1S/C25H26Cl3N5O3S/c1-32(8-9-34)13-15-14-37-23(21(15)28)25(36)31-22-18(24(35)30-20-5-4-16(26)12-29-20)10-17(27)11-19(22)33-6-2-3-7-33/h4-5,10-12,14,34H,2-3,6-9,13H2,1H3,(H,31,36)(H,29,30,35). The number of aliphatic hydroxyl groups is 1. The van der Waals surface area contributed by atoms with Crippen LogP contribution in [0.25, 0.3) is 0 Å². The van der Waals surface area contributed by atoms with Crippen LogP contribution in [0.2, 0.25) is 15.1 Å². The molecule has 3 heterocycles. The monoisotopic (exact) mass is 581 g/mol. The van der Waals surface area contributed by atoms with Crippen LogP contribution in [-0.4, -0.2) is 60.1 Å². The van der Waals surface area contributed by atoms with Crippen LogP contribution in [0.3, 0.4) is 0 Å². The van der Waals surface area contributed by atoms with E-state index < -0.39 is 11.8 Å². The van der Waals surface area contributed by atoms with Gasteiger partial charge in [-0.25, -0.2) is 4.98 Å². The maximum absolute atomic E-state index is 13.4. The van der Waals surface area contributed by atoms with Gasteiger partial charge < -0.3 is 20.6 Å². The lowest BCUT2D eigenvalue weighted by Crippen LogP contribution is -2.24. The van der Waals surface area contributed by atoms with Crippen LogP contribution >= 0.6 is 46.1 Å². The number of carbonyl (C=O) groups is 2. The fourth-order valence-electron chi connectivity index (χ4n) is 4.09. The number of hydrogen-bond acceptors (Lipinski definition) is 7. The van der Waals surface area contributed by atoms with Crippen LogP contribution in [0.15, 0.2) is 35.8 Å². The molecule has 0 saturated carbocycles. The van der Waals surface area contributed by atoms with Crippen LogP contribution in [0, 0.1) is 0 Å². The van der Waals surface area contributed by atoms with Crippen molar-refractivity contribution in [3.63, 3.8) is 0 Å². The molecule has 4 rings (SSSR count). The smallest absolute Gasteiger partial charge is 0.267 e. The molecule has 196 valence electrons.